The van der Waals surface area contributed by atoms with Crippen LogP contribution in [-0.4, -0.2) is 47.1 Å². The zero-order chi connectivity index (χ0) is 12.6. The van der Waals surface area contributed by atoms with E-state index >= 15 is 0 Å². The third-order valence-electron chi connectivity index (χ3n) is 1.74. The summed E-state index contributed by atoms with van der Waals surface area (Å²) in [6.07, 6.45) is 0. The Hall–Kier alpha value is -0.950. The molecule has 0 radical (unpaired) electrons. The Labute approximate surface area is 97.7 Å². The number of thioether (sulfide) groups is 1. The van der Waals surface area contributed by atoms with E-state index in [2.05, 4.69) is 9.91 Å². The molecule has 0 aliphatic rings. The summed E-state index contributed by atoms with van der Waals surface area (Å²) in [5, 5.41) is 10.5. The van der Waals surface area contributed by atoms with Crippen molar-refractivity contribution in [2.45, 2.75) is 25.1 Å². The second-order valence-corrected chi connectivity index (χ2v) is 4.35. The zero-order valence-electron chi connectivity index (χ0n) is 9.21. The van der Waals surface area contributed by atoms with Crippen LogP contribution in [0.2, 0.25) is 0 Å². The fraction of sp³-hybridized carbons (Fsp3) is 0.778. The number of aliphatic hydroxyl groups is 1. The largest absolute Gasteiger partial charge is 0.464 e. The molecule has 6 nitrogen and oxygen atoms in total. The maximum Gasteiger partial charge on any atom is 0.342 e. The molecule has 0 saturated heterocycles. The first-order valence-corrected chi connectivity index (χ1v) is 5.88. The van der Waals surface area contributed by atoms with E-state index in [0.717, 1.165) is 11.8 Å². The van der Waals surface area contributed by atoms with Crippen molar-refractivity contribution in [2.24, 2.45) is 5.18 Å². The van der Waals surface area contributed by atoms with Crippen molar-refractivity contribution < 1.29 is 19.4 Å². The monoisotopic (exact) mass is 249 g/mol. The molecule has 0 saturated carbocycles. The molecule has 1 N–H and O–H groups in total. The molecular weight excluding hydrogens is 234 g/mol. The van der Waals surface area contributed by atoms with Gasteiger partial charge in [-0.15, -0.1) is 16.7 Å². The average Bonchev–Trinajstić information content (AvgIpc) is 2.27. The van der Waals surface area contributed by atoms with Gasteiger partial charge in [0.2, 0.25) is 6.04 Å². The van der Waals surface area contributed by atoms with Crippen molar-refractivity contribution in [1.82, 2.24) is 0 Å². The van der Waals surface area contributed by atoms with Gasteiger partial charge in [-0.3, -0.25) is 4.79 Å². The topological polar surface area (TPSA) is 93.0 Å². The smallest absolute Gasteiger partial charge is 0.342 e. The third kappa shape index (κ3) is 4.71. The van der Waals surface area contributed by atoms with Crippen molar-refractivity contribution in [2.75, 3.05) is 19.0 Å². The maximum atomic E-state index is 11.6. The number of carbonyl (C=O) groups excluding carboxylic acids is 2. The van der Waals surface area contributed by atoms with Crippen LogP contribution >= 0.6 is 11.8 Å². The highest BCUT2D eigenvalue weighted by Gasteiger charge is 2.32. The molecule has 0 aromatic rings. The number of rotatable bonds is 8. The van der Waals surface area contributed by atoms with E-state index in [4.69, 9.17) is 5.11 Å². The lowest BCUT2D eigenvalue weighted by Gasteiger charge is -2.12. The van der Waals surface area contributed by atoms with Gasteiger partial charge in [0.1, 0.15) is 0 Å². The van der Waals surface area contributed by atoms with Crippen LogP contribution < -0.4 is 0 Å². The molecule has 0 aliphatic heterocycles. The van der Waals surface area contributed by atoms with Gasteiger partial charge in [0.25, 0.3) is 0 Å². The van der Waals surface area contributed by atoms with E-state index in [0.29, 0.717) is 5.75 Å². The molecule has 0 fully saturated rings. The molecule has 0 aromatic carbocycles. The van der Waals surface area contributed by atoms with Crippen LogP contribution in [0.3, 0.4) is 0 Å². The summed E-state index contributed by atoms with van der Waals surface area (Å²) in [5.74, 6) is -1.15. The van der Waals surface area contributed by atoms with Gasteiger partial charge in [-0.2, -0.15) is 0 Å². The predicted octanol–water partition coefficient (Wildman–Crippen LogP) is 0.368. The quantitative estimate of drug-likeness (QED) is 0.379. The Kier molecular flexibility index (Phi) is 7.74. The first-order valence-electron chi connectivity index (χ1n) is 4.83. The molecule has 2 unspecified atom stereocenters. The highest BCUT2D eigenvalue weighted by atomic mass is 32.2. The van der Waals surface area contributed by atoms with E-state index in [1.807, 2.05) is 0 Å². The fourth-order valence-electron chi connectivity index (χ4n) is 0.966. The van der Waals surface area contributed by atoms with Crippen LogP contribution in [0.5, 0.6) is 0 Å². The summed E-state index contributed by atoms with van der Waals surface area (Å²) in [5.41, 5.74) is 0. The number of hydrogen-bond donors (Lipinski definition) is 1. The first kappa shape index (κ1) is 15.0. The number of nitrogens with zero attached hydrogens (tertiary/aromatic N) is 1. The number of carbonyl (C=O) groups is 2. The molecule has 0 spiro atoms. The molecule has 0 aromatic heterocycles. The highest BCUT2D eigenvalue weighted by molar-refractivity contribution is 8.00. The van der Waals surface area contributed by atoms with Gasteiger partial charge >= 0.3 is 5.97 Å². The summed E-state index contributed by atoms with van der Waals surface area (Å²) in [6.45, 7) is 3.16. The minimum atomic E-state index is -1.60. The SMILES string of the molecule is CCOC(=O)C(N=O)C(=O)C(C)SCCO. The molecule has 92 valence electrons. The lowest BCUT2D eigenvalue weighted by Crippen LogP contribution is -2.35. The molecule has 0 amide bonds. The van der Waals surface area contributed by atoms with Crippen LogP contribution in [0.15, 0.2) is 5.18 Å². The first-order chi connectivity index (χ1) is 7.58. The number of hydrogen-bond acceptors (Lipinski definition) is 7. The molecular formula is C9H15NO5S. The number of nitroso groups, excluding NO2 is 1. The minimum Gasteiger partial charge on any atom is -0.464 e. The van der Waals surface area contributed by atoms with Gasteiger partial charge in [-0.25, -0.2) is 4.79 Å². The van der Waals surface area contributed by atoms with Crippen molar-refractivity contribution in [1.29, 1.82) is 0 Å². The third-order valence-corrected chi connectivity index (χ3v) is 2.90. The zero-order valence-corrected chi connectivity index (χ0v) is 10.0. The van der Waals surface area contributed by atoms with Crippen molar-refractivity contribution in [3.8, 4) is 0 Å². The minimum absolute atomic E-state index is 0.0686. The van der Waals surface area contributed by atoms with Crippen LogP contribution in [0.4, 0.5) is 0 Å². The Morgan fingerprint density at radius 2 is 2.12 bits per heavy atom. The van der Waals surface area contributed by atoms with Gasteiger partial charge in [0, 0.05) is 5.75 Å². The van der Waals surface area contributed by atoms with Crippen LogP contribution in [0.1, 0.15) is 13.8 Å². The van der Waals surface area contributed by atoms with Crippen LogP contribution in [-0.2, 0) is 14.3 Å². The number of aliphatic hydroxyl groups excluding tert-OH is 1. The van der Waals surface area contributed by atoms with Crippen molar-refractivity contribution in [3.05, 3.63) is 4.91 Å². The average molecular weight is 249 g/mol. The summed E-state index contributed by atoms with van der Waals surface area (Å²) < 4.78 is 4.56. The number of esters is 1. The predicted molar refractivity (Wildman–Crippen MR) is 60.2 cm³/mol. The van der Waals surface area contributed by atoms with E-state index in [-0.39, 0.29) is 13.2 Å². The molecule has 0 bridgehead atoms. The number of Topliss-reactive ketones (excluding diaryl/α,β-unsaturated/α-hetero) is 1. The molecule has 0 aliphatic carbocycles. The van der Waals surface area contributed by atoms with Gasteiger partial charge in [0.15, 0.2) is 5.78 Å². The van der Waals surface area contributed by atoms with Crippen molar-refractivity contribution in [3.63, 3.8) is 0 Å². The Balaban J connectivity index is 4.40. The molecule has 0 rings (SSSR count). The van der Waals surface area contributed by atoms with E-state index in [9.17, 15) is 14.5 Å². The number of ketones is 1. The van der Waals surface area contributed by atoms with E-state index < -0.39 is 23.0 Å². The van der Waals surface area contributed by atoms with Gasteiger partial charge in [-0.05, 0) is 19.0 Å². The van der Waals surface area contributed by atoms with E-state index in [1.165, 1.54) is 0 Å². The van der Waals surface area contributed by atoms with E-state index in [1.54, 1.807) is 13.8 Å². The van der Waals surface area contributed by atoms with Gasteiger partial charge in [-0.1, -0.05) is 0 Å². The molecule has 2 atom stereocenters. The fourth-order valence-corrected chi connectivity index (χ4v) is 1.72. The Bertz CT molecular complexity index is 258. The summed E-state index contributed by atoms with van der Waals surface area (Å²) in [7, 11) is 0. The summed E-state index contributed by atoms with van der Waals surface area (Å²) in [4.78, 5) is 33.2. The Morgan fingerprint density at radius 1 is 1.50 bits per heavy atom. The summed E-state index contributed by atoms with van der Waals surface area (Å²) >= 11 is 1.16. The lowest BCUT2D eigenvalue weighted by molar-refractivity contribution is -0.147. The summed E-state index contributed by atoms with van der Waals surface area (Å²) in [6, 6.07) is -1.60. The van der Waals surface area contributed by atoms with Crippen molar-refractivity contribution >= 4 is 23.5 Å². The van der Waals surface area contributed by atoms with Crippen LogP contribution in [0, 0.1) is 4.91 Å². The molecule has 16 heavy (non-hydrogen) atoms. The lowest BCUT2D eigenvalue weighted by atomic mass is 10.1. The normalized spacial score (nSPS) is 13.9. The standard InChI is InChI=1S/C9H15NO5S/c1-3-15-9(13)7(10-14)8(12)6(2)16-5-4-11/h6-7,11H,3-5H2,1-2H3. The highest BCUT2D eigenvalue weighted by Crippen LogP contribution is 2.14. The Morgan fingerprint density at radius 3 is 2.56 bits per heavy atom. The van der Waals surface area contributed by atoms with Crippen LogP contribution in [0.25, 0.3) is 0 Å². The van der Waals surface area contributed by atoms with Gasteiger partial charge in [0.05, 0.1) is 18.5 Å². The second-order valence-electron chi connectivity index (χ2n) is 2.90. The second kappa shape index (κ2) is 8.23. The molecule has 0 heterocycles. The number of ether oxygens (including phenoxy) is 1. The molecule has 7 heteroatoms. The van der Waals surface area contributed by atoms with Gasteiger partial charge < -0.3 is 9.84 Å². The maximum absolute atomic E-state index is 11.6.